The van der Waals surface area contributed by atoms with Gasteiger partial charge in [-0.15, -0.1) is 5.10 Å². The average molecular weight is 511 g/mol. The number of aryl methyl sites for hydroxylation is 3. The molecule has 0 radical (unpaired) electrons. The van der Waals surface area contributed by atoms with Gasteiger partial charge in [-0.3, -0.25) is 9.69 Å². The summed E-state index contributed by atoms with van der Waals surface area (Å²) in [6.45, 7) is 7.98. The van der Waals surface area contributed by atoms with E-state index in [1.165, 1.54) is 16.7 Å². The van der Waals surface area contributed by atoms with Crippen LogP contribution in [0.25, 0.3) is 11.0 Å². The summed E-state index contributed by atoms with van der Waals surface area (Å²) >= 11 is 0. The molecular weight excluding hydrogens is 476 g/mol. The normalized spacial score (nSPS) is 19.4. The summed E-state index contributed by atoms with van der Waals surface area (Å²) in [5, 5.41) is 18.4. The first-order chi connectivity index (χ1) is 18.2. The van der Waals surface area contributed by atoms with Crippen LogP contribution in [0.1, 0.15) is 72.0 Å². The molecule has 0 fully saturated rings. The van der Waals surface area contributed by atoms with Crippen molar-refractivity contribution in [3.63, 3.8) is 0 Å². The molecule has 3 aromatic carbocycles. The molecule has 38 heavy (non-hydrogen) atoms. The van der Waals surface area contributed by atoms with Crippen molar-refractivity contribution in [2.24, 2.45) is 7.05 Å². The lowest BCUT2D eigenvalue weighted by atomic mass is 9.84. The molecule has 1 unspecified atom stereocenters. The molecular formula is C31H34N4O3. The van der Waals surface area contributed by atoms with Crippen molar-refractivity contribution in [3.8, 4) is 5.75 Å². The first-order valence-electron chi connectivity index (χ1n) is 13.3. The van der Waals surface area contributed by atoms with Crippen molar-refractivity contribution in [1.82, 2.24) is 19.9 Å². The molecule has 4 aromatic rings. The number of para-hydroxylation sites is 1. The number of ether oxygens (including phenoxy) is 1. The second-order valence-corrected chi connectivity index (χ2v) is 11.4. The first-order valence-corrected chi connectivity index (χ1v) is 13.3. The van der Waals surface area contributed by atoms with Gasteiger partial charge in [-0.25, -0.2) is 4.68 Å². The largest absolute Gasteiger partial charge is 0.486 e. The molecule has 196 valence electrons. The molecule has 6 rings (SSSR count). The Morgan fingerprint density at radius 3 is 2.79 bits per heavy atom. The van der Waals surface area contributed by atoms with Crippen LogP contribution in [0.15, 0.2) is 54.6 Å². The number of hydrogen-bond acceptors (Lipinski definition) is 5. The Labute approximate surface area is 223 Å². The zero-order chi connectivity index (χ0) is 26.6. The van der Waals surface area contributed by atoms with Crippen molar-refractivity contribution in [1.29, 1.82) is 0 Å². The molecule has 2 aliphatic rings. The number of aromatic nitrogens is 3. The highest BCUT2D eigenvalue weighted by Crippen LogP contribution is 2.43. The second kappa shape index (κ2) is 9.24. The summed E-state index contributed by atoms with van der Waals surface area (Å²) in [5.74, 6) is -0.118. The highest BCUT2D eigenvalue weighted by Gasteiger charge is 2.36. The Kier molecular flexibility index (Phi) is 5.99. The molecule has 0 saturated carbocycles. The molecule has 7 heteroatoms. The maximum Gasteiger partial charge on any atom is 0.304 e. The van der Waals surface area contributed by atoms with Crippen molar-refractivity contribution < 1.29 is 14.6 Å². The van der Waals surface area contributed by atoms with Gasteiger partial charge < -0.3 is 9.84 Å². The highest BCUT2D eigenvalue weighted by atomic mass is 16.5. The molecule has 0 saturated heterocycles. The number of carbonyl (C=O) groups is 1. The first kappa shape index (κ1) is 24.6. The Morgan fingerprint density at radius 2 is 1.97 bits per heavy atom. The number of benzene rings is 3. The summed E-state index contributed by atoms with van der Waals surface area (Å²) in [6.07, 6.45) is 2.09. The predicted molar refractivity (Wildman–Crippen MR) is 146 cm³/mol. The molecule has 2 heterocycles. The standard InChI is InChI=1S/C31H34N4O3/c1-19-23(12-14-27-30(19)32-33-34(27)4)24(16-29(36)37)21-10-9-20-11-13-26(25(20)15-21)35-17-22-7-5-6-8-28(22)38-31(2,3)18-35/h5-10,12,14-15,24,26H,11,13,16-18H2,1-4H3,(H,36,37)/t24?,26-/m1/s1. The van der Waals surface area contributed by atoms with Crippen molar-refractivity contribution in [2.75, 3.05) is 6.54 Å². The van der Waals surface area contributed by atoms with Crippen LogP contribution >= 0.6 is 0 Å². The lowest BCUT2D eigenvalue weighted by molar-refractivity contribution is -0.137. The Morgan fingerprint density at radius 1 is 1.16 bits per heavy atom. The Balaban J connectivity index is 1.40. The molecule has 0 amide bonds. The fraction of sp³-hybridized carbons (Fsp3) is 0.387. The lowest BCUT2D eigenvalue weighted by Crippen LogP contribution is -2.41. The quantitative estimate of drug-likeness (QED) is 0.380. The van der Waals surface area contributed by atoms with Crippen LogP contribution in [0, 0.1) is 6.92 Å². The number of hydrogen-bond donors (Lipinski definition) is 1. The molecule has 0 spiro atoms. The maximum absolute atomic E-state index is 12.1. The van der Waals surface area contributed by atoms with Crippen LogP contribution < -0.4 is 4.74 Å². The van der Waals surface area contributed by atoms with Crippen LogP contribution in [0.4, 0.5) is 0 Å². The minimum absolute atomic E-state index is 0.0218. The molecule has 1 N–H and O–H groups in total. The van der Waals surface area contributed by atoms with Gasteiger partial charge in [0.2, 0.25) is 0 Å². The van der Waals surface area contributed by atoms with Gasteiger partial charge in [0.25, 0.3) is 0 Å². The summed E-state index contributed by atoms with van der Waals surface area (Å²) in [4.78, 5) is 14.6. The highest BCUT2D eigenvalue weighted by molar-refractivity contribution is 5.80. The molecule has 7 nitrogen and oxygen atoms in total. The van der Waals surface area contributed by atoms with E-state index in [-0.39, 0.29) is 24.0 Å². The fourth-order valence-corrected chi connectivity index (χ4v) is 6.45. The monoisotopic (exact) mass is 510 g/mol. The minimum atomic E-state index is -0.811. The van der Waals surface area contributed by atoms with Crippen molar-refractivity contribution in [2.45, 2.75) is 64.1 Å². The van der Waals surface area contributed by atoms with Crippen LogP contribution in [-0.4, -0.2) is 43.1 Å². The van der Waals surface area contributed by atoms with E-state index < -0.39 is 5.97 Å². The Hall–Kier alpha value is -3.71. The number of nitrogens with zero attached hydrogens (tertiary/aromatic N) is 4. The summed E-state index contributed by atoms with van der Waals surface area (Å²) in [6, 6.07) is 19.2. The number of rotatable bonds is 5. The van der Waals surface area contributed by atoms with Gasteiger partial charge in [-0.2, -0.15) is 0 Å². The number of carboxylic acids is 1. The molecule has 1 aliphatic heterocycles. The zero-order valence-corrected chi connectivity index (χ0v) is 22.4. The van der Waals surface area contributed by atoms with Crippen molar-refractivity contribution in [3.05, 3.63) is 88.0 Å². The third kappa shape index (κ3) is 4.35. The zero-order valence-electron chi connectivity index (χ0n) is 22.4. The number of fused-ring (bicyclic) bond motifs is 3. The van der Waals surface area contributed by atoms with Gasteiger partial charge in [-0.1, -0.05) is 47.7 Å². The summed E-state index contributed by atoms with van der Waals surface area (Å²) in [7, 11) is 1.87. The molecule has 1 aliphatic carbocycles. The Bertz CT molecular complexity index is 1540. The third-order valence-electron chi connectivity index (χ3n) is 8.21. The minimum Gasteiger partial charge on any atom is -0.486 e. The summed E-state index contributed by atoms with van der Waals surface area (Å²) < 4.78 is 8.17. The van der Waals surface area contributed by atoms with Crippen LogP contribution in [0.2, 0.25) is 0 Å². The molecule has 2 atom stereocenters. The van der Waals surface area contributed by atoms with Gasteiger partial charge in [0.05, 0.1) is 11.9 Å². The third-order valence-corrected chi connectivity index (χ3v) is 8.21. The smallest absolute Gasteiger partial charge is 0.304 e. The summed E-state index contributed by atoms with van der Waals surface area (Å²) in [5.41, 5.74) is 8.34. The van der Waals surface area contributed by atoms with Crippen LogP contribution in [0.3, 0.4) is 0 Å². The topological polar surface area (TPSA) is 80.5 Å². The van der Waals surface area contributed by atoms with E-state index in [1.54, 1.807) is 4.68 Å². The van der Waals surface area contributed by atoms with E-state index in [4.69, 9.17) is 4.74 Å². The van der Waals surface area contributed by atoms with E-state index in [0.29, 0.717) is 0 Å². The van der Waals surface area contributed by atoms with E-state index in [9.17, 15) is 9.90 Å². The van der Waals surface area contributed by atoms with Gasteiger partial charge in [0.15, 0.2) is 0 Å². The maximum atomic E-state index is 12.1. The van der Waals surface area contributed by atoms with Gasteiger partial charge in [0.1, 0.15) is 16.9 Å². The van der Waals surface area contributed by atoms with E-state index in [0.717, 1.165) is 59.4 Å². The van der Waals surface area contributed by atoms with E-state index in [1.807, 2.05) is 32.2 Å². The fourth-order valence-electron chi connectivity index (χ4n) is 6.45. The predicted octanol–water partition coefficient (Wildman–Crippen LogP) is 5.54. The number of carboxylic acid groups (broad SMARTS) is 1. The van der Waals surface area contributed by atoms with Gasteiger partial charge >= 0.3 is 5.97 Å². The van der Waals surface area contributed by atoms with E-state index in [2.05, 4.69) is 65.5 Å². The molecule has 1 aromatic heterocycles. The van der Waals surface area contributed by atoms with Gasteiger partial charge in [-0.05, 0) is 73.6 Å². The van der Waals surface area contributed by atoms with Crippen molar-refractivity contribution >= 4 is 17.0 Å². The average Bonchev–Trinajstić information content (AvgIpc) is 3.43. The van der Waals surface area contributed by atoms with Crippen LogP contribution in [-0.2, 0) is 24.8 Å². The van der Waals surface area contributed by atoms with Crippen LogP contribution in [0.5, 0.6) is 5.75 Å². The SMILES string of the molecule is Cc1c(C(CC(=O)O)c2ccc3c(c2)[C@H](N2Cc4ccccc4OC(C)(C)C2)CC3)ccc2c1nnn2C. The molecule has 0 bridgehead atoms. The second-order valence-electron chi connectivity index (χ2n) is 11.4. The lowest BCUT2D eigenvalue weighted by Gasteiger charge is -2.34. The number of aliphatic carboxylic acids is 1. The van der Waals surface area contributed by atoms with Gasteiger partial charge in [0, 0.05) is 37.7 Å². The van der Waals surface area contributed by atoms with E-state index >= 15 is 0 Å².